The molecule has 2 rings (SSSR count). The van der Waals surface area contributed by atoms with Crippen LogP contribution in [0, 0.1) is 0 Å². The van der Waals surface area contributed by atoms with Crippen LogP contribution in [0.2, 0.25) is 0 Å². The van der Waals surface area contributed by atoms with Gasteiger partial charge >= 0.3 is 0 Å². The highest BCUT2D eigenvalue weighted by atomic mass is 16.1. The quantitative estimate of drug-likeness (QED) is 0.808. The van der Waals surface area contributed by atoms with E-state index >= 15 is 0 Å². The lowest BCUT2D eigenvalue weighted by atomic mass is 10.1. The van der Waals surface area contributed by atoms with Gasteiger partial charge in [0, 0.05) is 6.54 Å². The second kappa shape index (κ2) is 4.77. The summed E-state index contributed by atoms with van der Waals surface area (Å²) in [5.74, 6) is -0.333. The molecule has 16 heavy (non-hydrogen) atoms. The zero-order valence-corrected chi connectivity index (χ0v) is 8.94. The third kappa shape index (κ3) is 2.58. The van der Waals surface area contributed by atoms with E-state index in [0.717, 1.165) is 5.56 Å². The fourth-order valence-electron chi connectivity index (χ4n) is 1.68. The molecule has 3 heteroatoms. The summed E-state index contributed by atoms with van der Waals surface area (Å²) in [6.07, 6.45) is 0. The lowest BCUT2D eigenvalue weighted by molar-refractivity contribution is -0.117. The molecule has 0 aliphatic carbocycles. The Labute approximate surface area is 94.3 Å². The highest BCUT2D eigenvalue weighted by Crippen LogP contribution is 2.15. The highest BCUT2D eigenvalue weighted by Gasteiger charge is 1.97. The summed E-state index contributed by atoms with van der Waals surface area (Å²) in [5, 5.41) is 5.42. The van der Waals surface area contributed by atoms with Gasteiger partial charge in [0.2, 0.25) is 5.91 Å². The topological polar surface area (TPSA) is 55.1 Å². The standard InChI is InChI=1S/C13H14N2O/c14-13(16)9-15-8-10-5-6-11-3-1-2-4-12(11)7-10/h1-7,15H,8-9H2,(H2,14,16). The number of carbonyl (C=O) groups excluding carboxylic acids is 1. The smallest absolute Gasteiger partial charge is 0.231 e. The van der Waals surface area contributed by atoms with Crippen molar-refractivity contribution in [2.24, 2.45) is 5.73 Å². The molecular formula is C13H14N2O. The number of hydrogen-bond donors (Lipinski definition) is 2. The molecular weight excluding hydrogens is 200 g/mol. The lowest BCUT2D eigenvalue weighted by Crippen LogP contribution is -2.28. The minimum atomic E-state index is -0.333. The first-order valence-corrected chi connectivity index (χ1v) is 5.22. The predicted octanol–water partition coefficient (Wildman–Crippen LogP) is 1.41. The Morgan fingerprint density at radius 1 is 1.12 bits per heavy atom. The summed E-state index contributed by atoms with van der Waals surface area (Å²) >= 11 is 0. The molecule has 0 atom stereocenters. The maximum atomic E-state index is 10.6. The summed E-state index contributed by atoms with van der Waals surface area (Å²) in [4.78, 5) is 10.6. The zero-order valence-electron chi connectivity index (χ0n) is 8.94. The lowest BCUT2D eigenvalue weighted by Gasteiger charge is -2.04. The molecule has 2 aromatic carbocycles. The molecule has 0 bridgehead atoms. The second-order valence-electron chi connectivity index (χ2n) is 3.75. The summed E-state index contributed by atoms with van der Waals surface area (Å²) < 4.78 is 0. The van der Waals surface area contributed by atoms with Crippen molar-refractivity contribution in [2.75, 3.05) is 6.54 Å². The first kappa shape index (κ1) is 10.6. The molecule has 0 saturated heterocycles. The van der Waals surface area contributed by atoms with Crippen LogP contribution in [0.15, 0.2) is 42.5 Å². The van der Waals surface area contributed by atoms with Crippen LogP contribution in [0.3, 0.4) is 0 Å². The number of primary amides is 1. The molecule has 0 spiro atoms. The van der Waals surface area contributed by atoms with E-state index < -0.39 is 0 Å². The number of nitrogens with two attached hydrogens (primary N) is 1. The molecule has 3 N–H and O–H groups in total. The van der Waals surface area contributed by atoms with Crippen LogP contribution in [-0.4, -0.2) is 12.5 Å². The average Bonchev–Trinajstić information content (AvgIpc) is 2.28. The largest absolute Gasteiger partial charge is 0.369 e. The molecule has 82 valence electrons. The zero-order chi connectivity index (χ0) is 11.4. The molecule has 0 saturated carbocycles. The van der Waals surface area contributed by atoms with Gasteiger partial charge in [0.1, 0.15) is 0 Å². The second-order valence-corrected chi connectivity index (χ2v) is 3.75. The average molecular weight is 214 g/mol. The van der Waals surface area contributed by atoms with E-state index in [9.17, 15) is 4.79 Å². The van der Waals surface area contributed by atoms with Crippen molar-refractivity contribution in [3.8, 4) is 0 Å². The van der Waals surface area contributed by atoms with Crippen LogP contribution >= 0.6 is 0 Å². The van der Waals surface area contributed by atoms with Crippen LogP contribution in [0.25, 0.3) is 10.8 Å². The number of rotatable bonds is 4. The van der Waals surface area contributed by atoms with E-state index in [2.05, 4.69) is 35.6 Å². The minimum Gasteiger partial charge on any atom is -0.369 e. The van der Waals surface area contributed by atoms with Crippen LogP contribution < -0.4 is 11.1 Å². The fourth-order valence-corrected chi connectivity index (χ4v) is 1.68. The van der Waals surface area contributed by atoms with Crippen molar-refractivity contribution in [1.82, 2.24) is 5.32 Å². The first-order chi connectivity index (χ1) is 7.75. The van der Waals surface area contributed by atoms with E-state index in [4.69, 9.17) is 5.73 Å². The number of carbonyl (C=O) groups is 1. The normalized spacial score (nSPS) is 10.5. The van der Waals surface area contributed by atoms with Gasteiger partial charge in [-0.05, 0) is 22.4 Å². The Morgan fingerprint density at radius 2 is 1.88 bits per heavy atom. The van der Waals surface area contributed by atoms with Gasteiger partial charge in [-0.25, -0.2) is 0 Å². The Morgan fingerprint density at radius 3 is 2.62 bits per heavy atom. The molecule has 0 aromatic heterocycles. The Bertz CT molecular complexity index is 508. The number of amides is 1. The van der Waals surface area contributed by atoms with Gasteiger partial charge in [-0.15, -0.1) is 0 Å². The SMILES string of the molecule is NC(=O)CNCc1ccc2ccccc2c1. The van der Waals surface area contributed by atoms with E-state index in [1.165, 1.54) is 10.8 Å². The molecule has 0 unspecified atom stereocenters. The molecule has 2 aromatic rings. The van der Waals surface area contributed by atoms with Gasteiger partial charge in [0.05, 0.1) is 6.54 Å². The number of benzene rings is 2. The third-order valence-electron chi connectivity index (χ3n) is 2.44. The van der Waals surface area contributed by atoms with Gasteiger partial charge in [0.25, 0.3) is 0 Å². The monoisotopic (exact) mass is 214 g/mol. The van der Waals surface area contributed by atoms with Crippen molar-refractivity contribution in [3.05, 3.63) is 48.0 Å². The number of hydrogen-bond acceptors (Lipinski definition) is 2. The molecule has 1 amide bonds. The van der Waals surface area contributed by atoms with Crippen molar-refractivity contribution in [2.45, 2.75) is 6.54 Å². The maximum absolute atomic E-state index is 10.6. The third-order valence-corrected chi connectivity index (χ3v) is 2.44. The van der Waals surface area contributed by atoms with Crippen molar-refractivity contribution in [1.29, 1.82) is 0 Å². The Balaban J connectivity index is 2.10. The van der Waals surface area contributed by atoms with Crippen molar-refractivity contribution in [3.63, 3.8) is 0 Å². The van der Waals surface area contributed by atoms with Gasteiger partial charge in [-0.3, -0.25) is 4.79 Å². The van der Waals surface area contributed by atoms with Crippen LogP contribution in [-0.2, 0) is 11.3 Å². The summed E-state index contributed by atoms with van der Waals surface area (Å²) in [6.45, 7) is 0.876. The van der Waals surface area contributed by atoms with Gasteiger partial charge in [-0.1, -0.05) is 36.4 Å². The highest BCUT2D eigenvalue weighted by molar-refractivity contribution is 5.83. The van der Waals surface area contributed by atoms with E-state index in [0.29, 0.717) is 6.54 Å². The maximum Gasteiger partial charge on any atom is 0.231 e. The fraction of sp³-hybridized carbons (Fsp3) is 0.154. The Hall–Kier alpha value is -1.87. The number of nitrogens with one attached hydrogen (secondary N) is 1. The van der Waals surface area contributed by atoms with E-state index in [1.54, 1.807) is 0 Å². The minimum absolute atomic E-state index is 0.215. The molecule has 0 heterocycles. The predicted molar refractivity (Wildman–Crippen MR) is 64.8 cm³/mol. The Kier molecular flexibility index (Phi) is 3.17. The van der Waals surface area contributed by atoms with Crippen molar-refractivity contribution >= 4 is 16.7 Å². The number of fused-ring (bicyclic) bond motifs is 1. The van der Waals surface area contributed by atoms with Gasteiger partial charge in [-0.2, -0.15) is 0 Å². The molecule has 0 radical (unpaired) electrons. The van der Waals surface area contributed by atoms with Gasteiger partial charge < -0.3 is 11.1 Å². The summed E-state index contributed by atoms with van der Waals surface area (Å²) in [6, 6.07) is 14.4. The van der Waals surface area contributed by atoms with E-state index in [-0.39, 0.29) is 12.5 Å². The molecule has 0 aliphatic rings. The molecule has 0 fully saturated rings. The summed E-state index contributed by atoms with van der Waals surface area (Å²) in [7, 11) is 0. The summed E-state index contributed by atoms with van der Waals surface area (Å²) in [5.41, 5.74) is 6.20. The molecule has 3 nitrogen and oxygen atoms in total. The van der Waals surface area contributed by atoms with Gasteiger partial charge in [0.15, 0.2) is 0 Å². The van der Waals surface area contributed by atoms with Crippen molar-refractivity contribution < 1.29 is 4.79 Å². The first-order valence-electron chi connectivity index (χ1n) is 5.22. The van der Waals surface area contributed by atoms with Crippen LogP contribution in [0.5, 0.6) is 0 Å². The van der Waals surface area contributed by atoms with Crippen LogP contribution in [0.4, 0.5) is 0 Å². The van der Waals surface area contributed by atoms with E-state index in [1.807, 2.05) is 12.1 Å². The molecule has 0 aliphatic heterocycles. The van der Waals surface area contributed by atoms with Crippen LogP contribution in [0.1, 0.15) is 5.56 Å².